The topological polar surface area (TPSA) is 68.9 Å². The molecule has 31 heavy (non-hydrogen) atoms. The molecule has 0 amide bonds. The number of hydrogen-bond acceptors (Lipinski definition) is 1. The molecule has 4 heteroatoms. The Kier molecular flexibility index (Phi) is 3.74. The predicted molar refractivity (Wildman–Crippen MR) is 131 cm³/mol. The van der Waals surface area contributed by atoms with Gasteiger partial charge in [0.25, 0.3) is 0 Å². The fraction of sp³-hybridized carbons (Fsp3) is 0. The number of hydrogen-bond donors (Lipinski definition) is 3. The first-order valence-electron chi connectivity index (χ1n) is 10.3. The Morgan fingerprint density at radius 1 is 0.774 bits per heavy atom. The van der Waals surface area contributed by atoms with Gasteiger partial charge in [-0.3, -0.25) is 10.3 Å². The van der Waals surface area contributed by atoms with Crippen molar-refractivity contribution in [1.82, 2.24) is 4.98 Å². The minimum absolute atomic E-state index is 0.0183. The fourth-order valence-corrected chi connectivity index (χ4v) is 4.60. The largest absolute Gasteiger partial charge is 0.369 e. The van der Waals surface area contributed by atoms with Crippen LogP contribution in [0.15, 0.2) is 84.9 Å². The number of nitrogens with zero attached hydrogens (tertiary/aromatic N) is 1. The number of guanidine groups is 1. The zero-order valence-corrected chi connectivity index (χ0v) is 16.8. The van der Waals surface area contributed by atoms with Crippen molar-refractivity contribution in [2.75, 3.05) is 4.90 Å². The number of benzene rings is 4. The summed E-state index contributed by atoms with van der Waals surface area (Å²) in [4.78, 5) is 5.35. The highest BCUT2D eigenvalue weighted by atomic mass is 15.2. The Morgan fingerprint density at radius 3 is 2.39 bits per heavy atom. The number of nitrogens with two attached hydrogens (primary N) is 1. The summed E-state index contributed by atoms with van der Waals surface area (Å²) in [5.41, 5.74) is 13.4. The number of nitrogens with one attached hydrogen (secondary N) is 2. The van der Waals surface area contributed by atoms with E-state index in [0.717, 1.165) is 38.9 Å². The van der Waals surface area contributed by atoms with Gasteiger partial charge >= 0.3 is 0 Å². The molecule has 4 nitrogen and oxygen atoms in total. The second-order valence-corrected chi connectivity index (χ2v) is 7.79. The van der Waals surface area contributed by atoms with Crippen LogP contribution in [0.1, 0.15) is 11.1 Å². The maximum Gasteiger partial charge on any atom is 0.197 e. The summed E-state index contributed by atoms with van der Waals surface area (Å²) in [6.45, 7) is 0. The van der Waals surface area contributed by atoms with Crippen LogP contribution in [0, 0.1) is 5.41 Å². The lowest BCUT2D eigenvalue weighted by atomic mass is 10.0. The molecule has 148 valence electrons. The number of para-hydroxylation sites is 2. The summed E-state index contributed by atoms with van der Waals surface area (Å²) in [5.74, 6) is -0.0183. The molecule has 6 rings (SSSR count). The quantitative estimate of drug-likeness (QED) is 0.234. The number of rotatable bonds is 3. The number of aromatic nitrogens is 1. The standard InChI is InChI=1S/C27H20N4/c28-27(29)31(25-15-14-18-13-12-17-7-5-9-21(25)26(17)18)24-11-4-2-8-20(24)23-16-19-6-1-3-10-22(19)30-23/h1-16,30H,(H3,28,29). The van der Waals surface area contributed by atoms with Gasteiger partial charge < -0.3 is 10.7 Å². The molecule has 4 aromatic carbocycles. The summed E-state index contributed by atoms with van der Waals surface area (Å²) in [6.07, 6.45) is 4.27. The van der Waals surface area contributed by atoms with E-state index in [1.54, 1.807) is 0 Å². The van der Waals surface area contributed by atoms with E-state index in [0.29, 0.717) is 0 Å². The van der Waals surface area contributed by atoms with Crippen LogP contribution in [0.3, 0.4) is 0 Å². The average Bonchev–Trinajstić information content (AvgIpc) is 3.41. The molecule has 4 N–H and O–H groups in total. The van der Waals surface area contributed by atoms with E-state index in [2.05, 4.69) is 71.7 Å². The van der Waals surface area contributed by atoms with E-state index >= 15 is 0 Å². The van der Waals surface area contributed by atoms with Gasteiger partial charge in [-0.25, -0.2) is 0 Å². The highest BCUT2D eigenvalue weighted by Crippen LogP contribution is 2.41. The van der Waals surface area contributed by atoms with Gasteiger partial charge in [-0.05, 0) is 40.8 Å². The first kappa shape index (κ1) is 17.5. The molecule has 0 radical (unpaired) electrons. The Balaban J connectivity index is 1.59. The van der Waals surface area contributed by atoms with Crippen molar-refractivity contribution in [2.24, 2.45) is 5.73 Å². The van der Waals surface area contributed by atoms with Crippen molar-refractivity contribution in [2.45, 2.75) is 0 Å². The monoisotopic (exact) mass is 400 g/mol. The summed E-state index contributed by atoms with van der Waals surface area (Å²) in [7, 11) is 0. The maximum atomic E-state index is 8.47. The van der Waals surface area contributed by atoms with Gasteiger partial charge in [0.05, 0.1) is 11.4 Å². The van der Waals surface area contributed by atoms with E-state index < -0.39 is 0 Å². The van der Waals surface area contributed by atoms with Crippen molar-refractivity contribution in [3.8, 4) is 11.3 Å². The van der Waals surface area contributed by atoms with E-state index in [9.17, 15) is 0 Å². The molecule has 1 aromatic heterocycles. The van der Waals surface area contributed by atoms with Crippen molar-refractivity contribution in [3.63, 3.8) is 0 Å². The van der Waals surface area contributed by atoms with Crippen LogP contribution in [0.5, 0.6) is 0 Å². The van der Waals surface area contributed by atoms with Gasteiger partial charge in [0.2, 0.25) is 0 Å². The molecule has 0 unspecified atom stereocenters. The van der Waals surface area contributed by atoms with Crippen molar-refractivity contribution < 1.29 is 0 Å². The smallest absolute Gasteiger partial charge is 0.197 e. The van der Waals surface area contributed by atoms with Crippen LogP contribution >= 0.6 is 0 Å². The second-order valence-electron chi connectivity index (χ2n) is 7.79. The van der Waals surface area contributed by atoms with Gasteiger partial charge in [-0.1, -0.05) is 72.8 Å². The van der Waals surface area contributed by atoms with Crippen molar-refractivity contribution >= 4 is 51.2 Å². The number of fused-ring (bicyclic) bond motifs is 1. The van der Waals surface area contributed by atoms with E-state index in [1.165, 1.54) is 16.5 Å². The molecular weight excluding hydrogens is 380 g/mol. The maximum absolute atomic E-state index is 8.47. The Bertz CT molecular complexity index is 1480. The molecule has 0 saturated heterocycles. The van der Waals surface area contributed by atoms with Crippen LogP contribution in [0.25, 0.3) is 45.1 Å². The van der Waals surface area contributed by atoms with Crippen LogP contribution in [0.4, 0.5) is 11.4 Å². The average molecular weight is 400 g/mol. The third kappa shape index (κ3) is 2.66. The van der Waals surface area contributed by atoms with Crippen LogP contribution in [-0.2, 0) is 0 Å². The number of aromatic amines is 1. The van der Waals surface area contributed by atoms with E-state index in [1.807, 2.05) is 35.2 Å². The molecule has 1 aliphatic rings. The molecule has 1 heterocycles. The highest BCUT2D eigenvalue weighted by molar-refractivity contribution is 6.15. The van der Waals surface area contributed by atoms with Crippen LogP contribution < -0.4 is 10.6 Å². The lowest BCUT2D eigenvalue weighted by Gasteiger charge is -2.27. The Hall–Kier alpha value is -4.31. The number of anilines is 2. The lowest BCUT2D eigenvalue weighted by Crippen LogP contribution is -2.32. The fourth-order valence-electron chi connectivity index (χ4n) is 4.60. The summed E-state index contributed by atoms with van der Waals surface area (Å²) in [6, 6.07) is 28.9. The molecule has 0 spiro atoms. The normalized spacial score (nSPS) is 12.0. The predicted octanol–water partition coefficient (Wildman–Crippen LogP) is 6.50. The first-order chi connectivity index (χ1) is 15.2. The molecule has 0 fully saturated rings. The van der Waals surface area contributed by atoms with Crippen molar-refractivity contribution in [3.05, 3.63) is 96.1 Å². The summed E-state index contributed by atoms with van der Waals surface area (Å²) >= 11 is 0. The molecule has 5 aromatic rings. The van der Waals surface area contributed by atoms with Gasteiger partial charge in [0.1, 0.15) is 0 Å². The van der Waals surface area contributed by atoms with Crippen LogP contribution in [-0.4, -0.2) is 10.9 Å². The highest BCUT2D eigenvalue weighted by Gasteiger charge is 2.22. The van der Waals surface area contributed by atoms with Crippen LogP contribution in [0.2, 0.25) is 0 Å². The third-order valence-corrected chi connectivity index (χ3v) is 5.97. The number of H-pyrrole nitrogens is 1. The Labute approximate surface area is 179 Å². The zero-order chi connectivity index (χ0) is 20.9. The molecule has 0 aliphatic heterocycles. The van der Waals surface area contributed by atoms with Gasteiger partial charge in [0.15, 0.2) is 5.96 Å². The van der Waals surface area contributed by atoms with Gasteiger partial charge in [-0.2, -0.15) is 0 Å². The van der Waals surface area contributed by atoms with E-state index in [4.69, 9.17) is 11.1 Å². The minimum Gasteiger partial charge on any atom is -0.369 e. The minimum atomic E-state index is -0.0183. The summed E-state index contributed by atoms with van der Waals surface area (Å²) < 4.78 is 0. The van der Waals surface area contributed by atoms with Gasteiger partial charge in [0, 0.05) is 27.5 Å². The Morgan fingerprint density at radius 2 is 1.55 bits per heavy atom. The molecule has 1 aliphatic carbocycles. The lowest BCUT2D eigenvalue weighted by molar-refractivity contribution is 1.26. The zero-order valence-electron chi connectivity index (χ0n) is 16.8. The first-order valence-corrected chi connectivity index (χ1v) is 10.3. The molecule has 0 saturated carbocycles. The molecular formula is C27H20N4. The summed E-state index contributed by atoms with van der Waals surface area (Å²) in [5, 5.41) is 11.9. The molecule has 0 bridgehead atoms. The second kappa shape index (κ2) is 6.61. The van der Waals surface area contributed by atoms with E-state index in [-0.39, 0.29) is 5.96 Å². The SMILES string of the molecule is N=C(N)N(c1ccccc1-c1cc2ccccc2[nH]1)c1ccc2c3c(cccc13)C=C2. The van der Waals surface area contributed by atoms with Crippen molar-refractivity contribution in [1.29, 1.82) is 5.41 Å². The molecule has 0 atom stereocenters. The van der Waals surface area contributed by atoms with Gasteiger partial charge in [-0.15, -0.1) is 0 Å². The third-order valence-electron chi connectivity index (χ3n) is 5.97.